The van der Waals surface area contributed by atoms with Gasteiger partial charge in [-0.1, -0.05) is 48.6 Å². The van der Waals surface area contributed by atoms with Gasteiger partial charge in [-0.15, -0.1) is 0 Å². The molecule has 4 rings (SSSR count). The summed E-state index contributed by atoms with van der Waals surface area (Å²) in [5.41, 5.74) is 3.98. The van der Waals surface area contributed by atoms with Crippen LogP contribution in [-0.2, 0) is 19.4 Å². The molecule has 210 valence electrons. The fraction of sp³-hybridized carbons (Fsp3) is 0.176. The third-order valence-electron chi connectivity index (χ3n) is 6.78. The summed E-state index contributed by atoms with van der Waals surface area (Å²) in [6.07, 6.45) is 5.95. The van der Waals surface area contributed by atoms with Crippen LogP contribution in [0.2, 0.25) is 0 Å². The van der Waals surface area contributed by atoms with Gasteiger partial charge in [0.2, 0.25) is 0 Å². The van der Waals surface area contributed by atoms with E-state index in [2.05, 4.69) is 0 Å². The zero-order valence-corrected chi connectivity index (χ0v) is 22.6. The minimum Gasteiger partial charge on any atom is -0.497 e. The number of halogens is 1. The normalized spacial score (nSPS) is 11.8. The van der Waals surface area contributed by atoms with Crippen molar-refractivity contribution >= 4 is 18.0 Å². The molecule has 41 heavy (non-hydrogen) atoms. The van der Waals surface area contributed by atoms with Gasteiger partial charge in [0.05, 0.1) is 18.2 Å². The predicted octanol–water partition coefficient (Wildman–Crippen LogP) is 7.31. The van der Waals surface area contributed by atoms with Crippen LogP contribution in [0.3, 0.4) is 0 Å². The molecule has 7 heteroatoms. The van der Waals surface area contributed by atoms with Crippen molar-refractivity contribution in [2.45, 2.75) is 25.9 Å². The molecule has 0 spiro atoms. The Labute approximate surface area is 238 Å². The van der Waals surface area contributed by atoms with E-state index in [1.165, 1.54) is 12.1 Å². The van der Waals surface area contributed by atoms with Crippen LogP contribution in [-0.4, -0.2) is 29.3 Å². The monoisotopic (exact) mass is 554 g/mol. The maximum absolute atomic E-state index is 14.2. The lowest BCUT2D eigenvalue weighted by Gasteiger charge is -2.15. The largest absolute Gasteiger partial charge is 0.497 e. The topological polar surface area (TPSA) is 93.1 Å². The van der Waals surface area contributed by atoms with Crippen molar-refractivity contribution in [3.8, 4) is 11.5 Å². The summed E-state index contributed by atoms with van der Waals surface area (Å²) in [5.74, 6) is -0.996. The number of allylic oxidation sites excluding steroid dienone is 1. The SMILES string of the molecule is COc1ccc(COc2ccc(F)cc2/C=C/C(CCc2ccc(C(=O)O)cc2)Cc2ccc(C(=O)O)cc2)cc1. The average Bonchev–Trinajstić information content (AvgIpc) is 2.98. The number of hydrogen-bond donors (Lipinski definition) is 2. The van der Waals surface area contributed by atoms with Crippen LogP contribution in [0.15, 0.2) is 97.1 Å². The van der Waals surface area contributed by atoms with Crippen LogP contribution in [0.4, 0.5) is 4.39 Å². The van der Waals surface area contributed by atoms with Crippen molar-refractivity contribution in [1.29, 1.82) is 0 Å². The second-order valence-corrected chi connectivity index (χ2v) is 9.69. The maximum Gasteiger partial charge on any atom is 0.335 e. The summed E-state index contributed by atoms with van der Waals surface area (Å²) in [6.45, 7) is 0.308. The highest BCUT2D eigenvalue weighted by atomic mass is 19.1. The van der Waals surface area contributed by atoms with Crippen LogP contribution < -0.4 is 9.47 Å². The van der Waals surface area contributed by atoms with Crippen molar-refractivity contribution in [2.75, 3.05) is 7.11 Å². The predicted molar refractivity (Wildman–Crippen MR) is 155 cm³/mol. The fourth-order valence-corrected chi connectivity index (χ4v) is 4.42. The van der Waals surface area contributed by atoms with Gasteiger partial charge in [-0.2, -0.15) is 0 Å². The summed E-state index contributed by atoms with van der Waals surface area (Å²) in [6, 6.07) is 25.5. The Hall–Kier alpha value is -4.91. The molecule has 0 saturated heterocycles. The second kappa shape index (κ2) is 13.9. The van der Waals surface area contributed by atoms with Gasteiger partial charge in [-0.3, -0.25) is 0 Å². The molecule has 2 N–H and O–H groups in total. The van der Waals surface area contributed by atoms with Crippen molar-refractivity contribution in [3.63, 3.8) is 0 Å². The quantitative estimate of drug-likeness (QED) is 0.180. The molecule has 0 saturated carbocycles. The number of methoxy groups -OCH3 is 1. The van der Waals surface area contributed by atoms with Gasteiger partial charge in [-0.25, -0.2) is 14.0 Å². The van der Waals surface area contributed by atoms with E-state index in [0.717, 1.165) is 28.9 Å². The van der Waals surface area contributed by atoms with Gasteiger partial charge in [0.1, 0.15) is 23.9 Å². The molecular formula is C34H31FO6. The third-order valence-corrected chi connectivity index (χ3v) is 6.78. The van der Waals surface area contributed by atoms with E-state index in [9.17, 15) is 19.1 Å². The number of rotatable bonds is 13. The first-order valence-corrected chi connectivity index (χ1v) is 13.2. The molecule has 0 aliphatic heterocycles. The van der Waals surface area contributed by atoms with Gasteiger partial charge < -0.3 is 19.7 Å². The molecule has 6 nitrogen and oxygen atoms in total. The second-order valence-electron chi connectivity index (χ2n) is 9.69. The molecule has 0 heterocycles. The molecule has 1 unspecified atom stereocenters. The molecule has 0 aliphatic rings. The first-order chi connectivity index (χ1) is 19.8. The van der Waals surface area contributed by atoms with Crippen LogP contribution in [0, 0.1) is 11.7 Å². The molecule has 0 amide bonds. The van der Waals surface area contributed by atoms with E-state index in [4.69, 9.17) is 14.6 Å². The summed E-state index contributed by atoms with van der Waals surface area (Å²) in [5, 5.41) is 18.4. The van der Waals surface area contributed by atoms with Crippen molar-refractivity contribution in [3.05, 3.63) is 136 Å². The van der Waals surface area contributed by atoms with Gasteiger partial charge in [0, 0.05) is 5.56 Å². The molecule has 0 fully saturated rings. The summed E-state index contributed by atoms with van der Waals surface area (Å²) >= 11 is 0. The Morgan fingerprint density at radius 2 is 1.39 bits per heavy atom. The molecule has 0 aromatic heterocycles. The lowest BCUT2D eigenvalue weighted by Crippen LogP contribution is -2.05. The average molecular weight is 555 g/mol. The molecule has 0 bridgehead atoms. The highest BCUT2D eigenvalue weighted by Crippen LogP contribution is 2.26. The van der Waals surface area contributed by atoms with Crippen LogP contribution >= 0.6 is 0 Å². The Morgan fingerprint density at radius 3 is 1.98 bits per heavy atom. The van der Waals surface area contributed by atoms with Crippen molar-refractivity contribution in [2.24, 2.45) is 5.92 Å². The number of aryl methyl sites for hydroxylation is 1. The standard InChI is InChI=1S/C34H31FO6/c1-40-31-17-9-26(10-18-31)22-41-32-19-16-30(35)21-29(32)15-8-24(20-25-6-13-28(14-7-25)34(38)39)3-2-23-4-11-27(12-5-23)33(36)37/h4-19,21,24H,2-3,20,22H2,1H3,(H,36,37)(H,38,39)/b15-8+. The molecule has 4 aromatic carbocycles. The highest BCUT2D eigenvalue weighted by Gasteiger charge is 2.11. The van der Waals surface area contributed by atoms with Crippen LogP contribution in [0.5, 0.6) is 11.5 Å². The zero-order valence-electron chi connectivity index (χ0n) is 22.6. The Bertz CT molecular complexity index is 1490. The van der Waals surface area contributed by atoms with Gasteiger partial charge in [-0.05, 0) is 96.5 Å². The van der Waals surface area contributed by atoms with E-state index >= 15 is 0 Å². The summed E-state index contributed by atoms with van der Waals surface area (Å²) in [7, 11) is 1.61. The maximum atomic E-state index is 14.2. The van der Waals surface area contributed by atoms with Crippen LogP contribution in [0.25, 0.3) is 6.08 Å². The van der Waals surface area contributed by atoms with Crippen LogP contribution in [0.1, 0.15) is 49.4 Å². The van der Waals surface area contributed by atoms with Gasteiger partial charge in [0.15, 0.2) is 0 Å². The fourth-order valence-electron chi connectivity index (χ4n) is 4.42. The van der Waals surface area contributed by atoms with E-state index < -0.39 is 11.9 Å². The zero-order chi connectivity index (χ0) is 29.2. The minimum absolute atomic E-state index is 0.0301. The lowest BCUT2D eigenvalue weighted by atomic mass is 9.91. The van der Waals surface area contributed by atoms with E-state index in [0.29, 0.717) is 30.8 Å². The molecular weight excluding hydrogens is 523 g/mol. The van der Waals surface area contributed by atoms with Gasteiger partial charge >= 0.3 is 11.9 Å². The lowest BCUT2D eigenvalue weighted by molar-refractivity contribution is 0.0686. The highest BCUT2D eigenvalue weighted by molar-refractivity contribution is 5.88. The molecule has 0 aliphatic carbocycles. The third kappa shape index (κ3) is 8.54. The van der Waals surface area contributed by atoms with Crippen molar-refractivity contribution in [1.82, 2.24) is 0 Å². The van der Waals surface area contributed by atoms with E-state index in [1.807, 2.05) is 48.6 Å². The molecule has 0 radical (unpaired) electrons. The summed E-state index contributed by atoms with van der Waals surface area (Å²) in [4.78, 5) is 22.4. The first-order valence-electron chi connectivity index (χ1n) is 13.2. The molecule has 1 atom stereocenters. The number of ether oxygens (including phenoxy) is 2. The number of carboxylic acids is 2. The Morgan fingerprint density at radius 1 is 0.805 bits per heavy atom. The first kappa shape index (κ1) is 29.1. The summed E-state index contributed by atoms with van der Waals surface area (Å²) < 4.78 is 25.5. The number of carbonyl (C=O) groups is 2. The Balaban J connectivity index is 1.52. The van der Waals surface area contributed by atoms with Crippen molar-refractivity contribution < 1.29 is 33.7 Å². The molecule has 4 aromatic rings. The Kier molecular flexibility index (Phi) is 9.89. The smallest absolute Gasteiger partial charge is 0.335 e. The van der Waals surface area contributed by atoms with Gasteiger partial charge in [0.25, 0.3) is 0 Å². The number of benzene rings is 4. The number of carboxylic acid groups (broad SMARTS) is 2. The minimum atomic E-state index is -0.980. The number of aromatic carboxylic acids is 2. The van der Waals surface area contributed by atoms with E-state index in [1.54, 1.807) is 49.6 Å². The number of hydrogen-bond acceptors (Lipinski definition) is 4. The van der Waals surface area contributed by atoms with E-state index in [-0.39, 0.29) is 22.9 Å².